The number of fused-ring (bicyclic) bond motifs is 1. The molecule has 2 rings (SSSR count). The number of nitrogens with two attached hydrogens (primary N) is 1. The van der Waals surface area contributed by atoms with Gasteiger partial charge in [-0.1, -0.05) is 24.3 Å². The molecular formula is C15H21N3O. The van der Waals surface area contributed by atoms with Crippen LogP contribution in [0.5, 0.6) is 0 Å². The van der Waals surface area contributed by atoms with Gasteiger partial charge in [-0.3, -0.25) is 0 Å². The van der Waals surface area contributed by atoms with Crippen molar-refractivity contribution in [1.29, 1.82) is 0 Å². The van der Waals surface area contributed by atoms with Gasteiger partial charge in [0, 0.05) is 32.1 Å². The van der Waals surface area contributed by atoms with Gasteiger partial charge in [-0.15, -0.1) is 0 Å². The average molecular weight is 259 g/mol. The van der Waals surface area contributed by atoms with Crippen LogP contribution in [0.2, 0.25) is 0 Å². The molecule has 1 aromatic heterocycles. The quantitative estimate of drug-likeness (QED) is 0.808. The molecule has 0 saturated carbocycles. The van der Waals surface area contributed by atoms with Crippen molar-refractivity contribution in [3.8, 4) is 0 Å². The van der Waals surface area contributed by atoms with Crippen LogP contribution in [-0.2, 0) is 11.3 Å². The number of anilines is 1. The van der Waals surface area contributed by atoms with Crippen LogP contribution in [-0.4, -0.2) is 31.8 Å². The highest BCUT2D eigenvalue weighted by Crippen LogP contribution is 2.24. The number of benzene rings is 1. The third-order valence-corrected chi connectivity index (χ3v) is 3.12. The molecule has 0 aliphatic heterocycles. The van der Waals surface area contributed by atoms with Crippen LogP contribution in [0.25, 0.3) is 10.8 Å². The molecule has 0 aliphatic rings. The van der Waals surface area contributed by atoms with Gasteiger partial charge in [-0.2, -0.15) is 0 Å². The highest BCUT2D eigenvalue weighted by atomic mass is 16.5. The summed E-state index contributed by atoms with van der Waals surface area (Å²) in [5, 5.41) is 2.33. The Morgan fingerprint density at radius 1 is 1.32 bits per heavy atom. The van der Waals surface area contributed by atoms with Crippen LogP contribution in [0, 0.1) is 0 Å². The summed E-state index contributed by atoms with van der Waals surface area (Å²) in [7, 11) is 2.04. The number of likely N-dealkylation sites (N-methyl/N-ethyl adjacent to an activating group) is 1. The van der Waals surface area contributed by atoms with E-state index in [-0.39, 0.29) is 0 Å². The molecule has 19 heavy (non-hydrogen) atoms. The summed E-state index contributed by atoms with van der Waals surface area (Å²) in [6, 6.07) is 10.3. The van der Waals surface area contributed by atoms with Crippen LogP contribution in [0.15, 0.2) is 30.3 Å². The largest absolute Gasteiger partial charge is 0.380 e. The normalized spacial score (nSPS) is 10.9. The fourth-order valence-electron chi connectivity index (χ4n) is 2.08. The second kappa shape index (κ2) is 6.50. The first-order chi connectivity index (χ1) is 9.26. The monoisotopic (exact) mass is 259 g/mol. The lowest BCUT2D eigenvalue weighted by Gasteiger charge is -2.20. The van der Waals surface area contributed by atoms with Gasteiger partial charge < -0.3 is 15.4 Å². The van der Waals surface area contributed by atoms with Crippen molar-refractivity contribution in [2.75, 3.05) is 31.7 Å². The molecular weight excluding hydrogens is 238 g/mol. The number of ether oxygens (including phenoxy) is 1. The van der Waals surface area contributed by atoms with Gasteiger partial charge in [0.1, 0.15) is 5.82 Å². The Balaban J connectivity index is 2.34. The Hall–Kier alpha value is -1.65. The maximum absolute atomic E-state index is 5.73. The van der Waals surface area contributed by atoms with Crippen molar-refractivity contribution in [2.45, 2.75) is 13.5 Å². The third kappa shape index (κ3) is 3.22. The molecule has 1 aromatic carbocycles. The Bertz CT molecular complexity index is 542. The number of rotatable bonds is 6. The highest BCUT2D eigenvalue weighted by molar-refractivity contribution is 5.92. The van der Waals surface area contributed by atoms with Crippen LogP contribution in [0.4, 0.5) is 5.82 Å². The maximum atomic E-state index is 5.73. The van der Waals surface area contributed by atoms with Crippen LogP contribution >= 0.6 is 0 Å². The van der Waals surface area contributed by atoms with E-state index in [4.69, 9.17) is 10.5 Å². The summed E-state index contributed by atoms with van der Waals surface area (Å²) < 4.78 is 5.40. The Labute approximate surface area is 114 Å². The summed E-state index contributed by atoms with van der Waals surface area (Å²) in [4.78, 5) is 6.77. The molecule has 0 radical (unpaired) electrons. The van der Waals surface area contributed by atoms with E-state index < -0.39 is 0 Å². The molecule has 0 aliphatic carbocycles. The van der Waals surface area contributed by atoms with Gasteiger partial charge >= 0.3 is 0 Å². The fraction of sp³-hybridized carbons (Fsp3) is 0.400. The number of hydrogen-bond acceptors (Lipinski definition) is 4. The maximum Gasteiger partial charge on any atom is 0.136 e. The van der Waals surface area contributed by atoms with E-state index in [9.17, 15) is 0 Å². The molecule has 102 valence electrons. The van der Waals surface area contributed by atoms with Crippen molar-refractivity contribution in [1.82, 2.24) is 4.98 Å². The molecule has 0 spiro atoms. The minimum absolute atomic E-state index is 0.455. The Morgan fingerprint density at radius 2 is 2.11 bits per heavy atom. The average Bonchev–Trinajstić information content (AvgIpc) is 2.46. The third-order valence-electron chi connectivity index (χ3n) is 3.12. The molecule has 2 N–H and O–H groups in total. The SMILES string of the molecule is CCOCCN(C)c1nc(CN)cc2ccccc12. The zero-order valence-corrected chi connectivity index (χ0v) is 11.6. The molecule has 1 heterocycles. The first-order valence-electron chi connectivity index (χ1n) is 6.64. The zero-order valence-electron chi connectivity index (χ0n) is 11.6. The predicted octanol–water partition coefficient (Wildman–Crippen LogP) is 2.17. The molecule has 0 amide bonds. The van der Waals surface area contributed by atoms with Gasteiger partial charge in [0.2, 0.25) is 0 Å². The molecule has 0 atom stereocenters. The van der Waals surface area contributed by atoms with Crippen LogP contribution in [0.1, 0.15) is 12.6 Å². The molecule has 2 aromatic rings. The smallest absolute Gasteiger partial charge is 0.136 e. The Morgan fingerprint density at radius 3 is 2.84 bits per heavy atom. The first kappa shape index (κ1) is 13.8. The summed E-state index contributed by atoms with van der Waals surface area (Å²) in [5.41, 5.74) is 6.64. The molecule has 0 bridgehead atoms. The van der Waals surface area contributed by atoms with Crippen LogP contribution < -0.4 is 10.6 Å². The van der Waals surface area contributed by atoms with Crippen molar-refractivity contribution in [3.05, 3.63) is 36.0 Å². The standard InChI is InChI=1S/C15H21N3O/c1-3-19-9-8-18(2)15-14-7-5-4-6-12(14)10-13(11-16)17-15/h4-7,10H,3,8-9,11,16H2,1-2H3. The van der Waals surface area contributed by atoms with E-state index in [1.165, 1.54) is 5.39 Å². The van der Waals surface area contributed by atoms with Gasteiger partial charge in [-0.25, -0.2) is 4.98 Å². The van der Waals surface area contributed by atoms with E-state index in [0.29, 0.717) is 13.2 Å². The lowest BCUT2D eigenvalue weighted by atomic mass is 10.1. The zero-order chi connectivity index (χ0) is 13.7. The molecule has 0 unspecified atom stereocenters. The molecule has 0 saturated heterocycles. The van der Waals surface area contributed by atoms with E-state index in [1.807, 2.05) is 26.1 Å². The van der Waals surface area contributed by atoms with Gasteiger partial charge in [0.25, 0.3) is 0 Å². The van der Waals surface area contributed by atoms with Gasteiger partial charge in [0.15, 0.2) is 0 Å². The summed E-state index contributed by atoms with van der Waals surface area (Å²) in [6.45, 7) is 4.72. The number of aromatic nitrogens is 1. The molecule has 4 heteroatoms. The number of nitrogens with zero attached hydrogens (tertiary/aromatic N) is 2. The Kier molecular flexibility index (Phi) is 4.71. The highest BCUT2D eigenvalue weighted by Gasteiger charge is 2.09. The van der Waals surface area contributed by atoms with Crippen molar-refractivity contribution in [2.24, 2.45) is 5.73 Å². The van der Waals surface area contributed by atoms with E-state index in [2.05, 4.69) is 28.1 Å². The molecule has 0 fully saturated rings. The molecule has 4 nitrogen and oxygen atoms in total. The summed E-state index contributed by atoms with van der Waals surface area (Å²) in [5.74, 6) is 0.971. The van der Waals surface area contributed by atoms with E-state index in [0.717, 1.165) is 30.0 Å². The van der Waals surface area contributed by atoms with Gasteiger partial charge in [0.05, 0.1) is 12.3 Å². The first-order valence-corrected chi connectivity index (χ1v) is 6.64. The topological polar surface area (TPSA) is 51.4 Å². The lowest BCUT2D eigenvalue weighted by molar-refractivity contribution is 0.154. The minimum atomic E-state index is 0.455. The van der Waals surface area contributed by atoms with Crippen molar-refractivity contribution < 1.29 is 4.74 Å². The van der Waals surface area contributed by atoms with Gasteiger partial charge in [-0.05, 0) is 18.4 Å². The van der Waals surface area contributed by atoms with Crippen LogP contribution in [0.3, 0.4) is 0 Å². The number of hydrogen-bond donors (Lipinski definition) is 1. The fourth-order valence-corrected chi connectivity index (χ4v) is 2.08. The second-order valence-electron chi connectivity index (χ2n) is 4.48. The number of pyridine rings is 1. The summed E-state index contributed by atoms with van der Waals surface area (Å²) >= 11 is 0. The second-order valence-corrected chi connectivity index (χ2v) is 4.48. The van der Waals surface area contributed by atoms with E-state index >= 15 is 0 Å². The van der Waals surface area contributed by atoms with Crippen molar-refractivity contribution >= 4 is 16.6 Å². The predicted molar refractivity (Wildman–Crippen MR) is 79.4 cm³/mol. The van der Waals surface area contributed by atoms with Crippen molar-refractivity contribution in [3.63, 3.8) is 0 Å². The van der Waals surface area contributed by atoms with E-state index in [1.54, 1.807) is 0 Å². The minimum Gasteiger partial charge on any atom is -0.380 e. The summed E-state index contributed by atoms with van der Waals surface area (Å²) in [6.07, 6.45) is 0. The lowest BCUT2D eigenvalue weighted by Crippen LogP contribution is -2.24.